The average Bonchev–Trinajstić information content (AvgIpc) is 2.85. The van der Waals surface area contributed by atoms with Crippen molar-refractivity contribution in [3.05, 3.63) is 52.3 Å². The van der Waals surface area contributed by atoms with Gasteiger partial charge in [0.2, 0.25) is 0 Å². The van der Waals surface area contributed by atoms with Crippen molar-refractivity contribution < 1.29 is 4.39 Å². The molecule has 1 heterocycles. The zero-order chi connectivity index (χ0) is 13.0. The van der Waals surface area contributed by atoms with E-state index in [1.54, 1.807) is 24.5 Å². The zero-order valence-electron chi connectivity index (χ0n) is 10.1. The molecule has 1 aromatic heterocycles. The summed E-state index contributed by atoms with van der Waals surface area (Å²) in [5.74, 6) is 0.751. The van der Waals surface area contributed by atoms with Gasteiger partial charge in [-0.3, -0.25) is 0 Å². The summed E-state index contributed by atoms with van der Waals surface area (Å²) < 4.78 is 14.5. The van der Waals surface area contributed by atoms with E-state index in [0.717, 1.165) is 23.3 Å². The number of nitrogens with zero attached hydrogens (tertiary/aromatic N) is 1. The van der Waals surface area contributed by atoms with E-state index >= 15 is 0 Å². The molecule has 5 heteroatoms. The normalized spacial score (nSPS) is 12.6. The van der Waals surface area contributed by atoms with E-state index in [1.807, 2.05) is 6.92 Å². The highest BCUT2D eigenvalue weighted by Crippen LogP contribution is 2.21. The number of hydrogen-bond acceptors (Lipinski definition) is 2. The molecule has 2 aromatic rings. The first-order valence-electron chi connectivity index (χ1n) is 5.83. The summed E-state index contributed by atoms with van der Waals surface area (Å²) in [6.45, 7) is 2.70. The van der Waals surface area contributed by atoms with Gasteiger partial charge < -0.3 is 10.3 Å². The Labute approximate surface area is 114 Å². The lowest BCUT2D eigenvalue weighted by Crippen LogP contribution is -2.22. The van der Waals surface area contributed by atoms with Crippen LogP contribution in [0.4, 0.5) is 4.39 Å². The molecule has 0 saturated heterocycles. The van der Waals surface area contributed by atoms with Crippen LogP contribution in [0.3, 0.4) is 0 Å². The molecule has 1 atom stereocenters. The maximum absolute atomic E-state index is 13.6. The summed E-state index contributed by atoms with van der Waals surface area (Å²) in [4.78, 5) is 7.18. The molecule has 0 saturated carbocycles. The fourth-order valence-corrected chi connectivity index (χ4v) is 2.18. The van der Waals surface area contributed by atoms with Gasteiger partial charge in [-0.2, -0.15) is 0 Å². The van der Waals surface area contributed by atoms with Gasteiger partial charge in [-0.25, -0.2) is 9.37 Å². The summed E-state index contributed by atoms with van der Waals surface area (Å²) in [6, 6.07) is 4.95. The minimum atomic E-state index is -0.184. The number of H-pyrrole nitrogens is 1. The van der Waals surface area contributed by atoms with Gasteiger partial charge in [-0.15, -0.1) is 0 Å². The predicted octanol–water partition coefficient (Wildman–Crippen LogP) is 3.20. The molecule has 2 rings (SSSR count). The average molecular weight is 312 g/mol. The highest BCUT2D eigenvalue weighted by atomic mass is 79.9. The molecule has 18 heavy (non-hydrogen) atoms. The molecule has 0 aliphatic rings. The Bertz CT molecular complexity index is 499. The van der Waals surface area contributed by atoms with Crippen LogP contribution < -0.4 is 5.32 Å². The third-order valence-electron chi connectivity index (χ3n) is 2.79. The van der Waals surface area contributed by atoms with Crippen LogP contribution in [0.25, 0.3) is 0 Å². The third kappa shape index (κ3) is 3.40. The Morgan fingerprint density at radius 2 is 2.33 bits per heavy atom. The number of imidazole rings is 1. The summed E-state index contributed by atoms with van der Waals surface area (Å²) >= 11 is 3.35. The molecule has 1 aromatic carbocycles. The number of halogens is 2. The van der Waals surface area contributed by atoms with Crippen molar-refractivity contribution in [2.24, 2.45) is 0 Å². The Balaban J connectivity index is 1.91. The molecule has 2 N–H and O–H groups in total. The lowest BCUT2D eigenvalue weighted by atomic mass is 10.1. The minimum absolute atomic E-state index is 0.0301. The fourth-order valence-electron chi connectivity index (χ4n) is 1.80. The number of nitrogens with one attached hydrogen (secondary N) is 2. The van der Waals surface area contributed by atoms with Crippen molar-refractivity contribution in [1.82, 2.24) is 15.3 Å². The standard InChI is InChI=1S/C13H15BrFN3/c1-9(11-8-10(14)2-3-12(11)15)16-5-4-13-17-6-7-18-13/h2-3,6-9,16H,4-5H2,1H3,(H,17,18). The van der Waals surface area contributed by atoms with E-state index < -0.39 is 0 Å². The van der Waals surface area contributed by atoms with Crippen molar-refractivity contribution in [2.75, 3.05) is 6.54 Å². The van der Waals surface area contributed by atoms with E-state index in [1.165, 1.54) is 6.07 Å². The first-order valence-corrected chi connectivity index (χ1v) is 6.62. The Morgan fingerprint density at radius 1 is 1.50 bits per heavy atom. The lowest BCUT2D eigenvalue weighted by Gasteiger charge is -2.15. The quantitative estimate of drug-likeness (QED) is 0.890. The van der Waals surface area contributed by atoms with E-state index in [0.29, 0.717) is 5.56 Å². The first-order chi connectivity index (χ1) is 8.66. The second-order valence-electron chi connectivity index (χ2n) is 4.13. The molecule has 0 spiro atoms. The van der Waals surface area contributed by atoms with Crippen LogP contribution in [-0.4, -0.2) is 16.5 Å². The van der Waals surface area contributed by atoms with Crippen LogP contribution in [0.5, 0.6) is 0 Å². The highest BCUT2D eigenvalue weighted by molar-refractivity contribution is 9.10. The summed E-state index contributed by atoms with van der Waals surface area (Å²) in [5.41, 5.74) is 0.670. The molecule has 3 nitrogen and oxygen atoms in total. The summed E-state index contributed by atoms with van der Waals surface area (Å²) in [6.07, 6.45) is 4.33. The van der Waals surface area contributed by atoms with Gasteiger partial charge in [-0.05, 0) is 25.1 Å². The van der Waals surface area contributed by atoms with Gasteiger partial charge in [0.1, 0.15) is 11.6 Å². The highest BCUT2D eigenvalue weighted by Gasteiger charge is 2.10. The lowest BCUT2D eigenvalue weighted by molar-refractivity contribution is 0.528. The number of hydrogen-bond donors (Lipinski definition) is 2. The van der Waals surface area contributed by atoms with Crippen molar-refractivity contribution >= 4 is 15.9 Å². The molecule has 96 valence electrons. The number of benzene rings is 1. The molecule has 0 aliphatic carbocycles. The van der Waals surface area contributed by atoms with Gasteiger partial charge in [-0.1, -0.05) is 15.9 Å². The van der Waals surface area contributed by atoms with Crippen molar-refractivity contribution in [2.45, 2.75) is 19.4 Å². The fraction of sp³-hybridized carbons (Fsp3) is 0.308. The van der Waals surface area contributed by atoms with Crippen molar-refractivity contribution in [3.63, 3.8) is 0 Å². The van der Waals surface area contributed by atoms with E-state index in [-0.39, 0.29) is 11.9 Å². The third-order valence-corrected chi connectivity index (χ3v) is 3.28. The molecule has 0 radical (unpaired) electrons. The van der Waals surface area contributed by atoms with Gasteiger partial charge in [0.25, 0.3) is 0 Å². The number of aromatic nitrogens is 2. The topological polar surface area (TPSA) is 40.7 Å². The molecule has 1 unspecified atom stereocenters. The smallest absolute Gasteiger partial charge is 0.128 e. The van der Waals surface area contributed by atoms with E-state index in [4.69, 9.17) is 0 Å². The monoisotopic (exact) mass is 311 g/mol. The zero-order valence-corrected chi connectivity index (χ0v) is 11.7. The van der Waals surface area contributed by atoms with E-state index in [2.05, 4.69) is 31.2 Å². The first kappa shape index (κ1) is 13.2. The predicted molar refractivity (Wildman–Crippen MR) is 72.8 cm³/mol. The Morgan fingerprint density at radius 3 is 3.06 bits per heavy atom. The van der Waals surface area contributed by atoms with Crippen LogP contribution in [0, 0.1) is 5.82 Å². The maximum Gasteiger partial charge on any atom is 0.128 e. The molecule has 0 aliphatic heterocycles. The summed E-state index contributed by atoms with van der Waals surface area (Å²) in [7, 11) is 0. The minimum Gasteiger partial charge on any atom is -0.349 e. The van der Waals surface area contributed by atoms with Gasteiger partial charge in [0, 0.05) is 41.4 Å². The largest absolute Gasteiger partial charge is 0.349 e. The van der Waals surface area contributed by atoms with Crippen LogP contribution in [-0.2, 0) is 6.42 Å². The van der Waals surface area contributed by atoms with Crippen molar-refractivity contribution in [3.8, 4) is 0 Å². The molecule has 0 fully saturated rings. The van der Waals surface area contributed by atoms with E-state index in [9.17, 15) is 4.39 Å². The second-order valence-corrected chi connectivity index (χ2v) is 5.04. The van der Waals surface area contributed by atoms with Crippen LogP contribution in [0.1, 0.15) is 24.4 Å². The van der Waals surface area contributed by atoms with Crippen LogP contribution in [0.15, 0.2) is 35.1 Å². The molecule has 0 amide bonds. The Hall–Kier alpha value is -1.20. The number of aromatic amines is 1. The Kier molecular flexibility index (Phi) is 4.49. The van der Waals surface area contributed by atoms with Gasteiger partial charge in [0.15, 0.2) is 0 Å². The SMILES string of the molecule is CC(NCCc1ncc[nH]1)c1cc(Br)ccc1F. The van der Waals surface area contributed by atoms with Gasteiger partial charge >= 0.3 is 0 Å². The summed E-state index contributed by atoms with van der Waals surface area (Å²) in [5, 5.41) is 3.28. The van der Waals surface area contributed by atoms with Crippen molar-refractivity contribution in [1.29, 1.82) is 0 Å². The molecule has 0 bridgehead atoms. The van der Waals surface area contributed by atoms with Crippen LogP contribution in [0.2, 0.25) is 0 Å². The number of rotatable bonds is 5. The second kappa shape index (κ2) is 6.11. The molecular weight excluding hydrogens is 297 g/mol. The van der Waals surface area contributed by atoms with Crippen LogP contribution >= 0.6 is 15.9 Å². The maximum atomic E-state index is 13.6. The molecular formula is C13H15BrFN3. The van der Waals surface area contributed by atoms with Gasteiger partial charge in [0.05, 0.1) is 0 Å².